The van der Waals surface area contributed by atoms with Crippen LogP contribution in [-0.4, -0.2) is 19.4 Å². The Hall–Kier alpha value is -1.26. The second kappa shape index (κ2) is 5.72. The highest BCUT2D eigenvalue weighted by Gasteiger charge is 2.16. The van der Waals surface area contributed by atoms with Crippen LogP contribution in [0.3, 0.4) is 0 Å². The molecule has 0 aliphatic heterocycles. The molecule has 1 aromatic carbocycles. The van der Waals surface area contributed by atoms with Gasteiger partial charge in [-0.3, -0.25) is 0 Å². The fourth-order valence-electron chi connectivity index (χ4n) is 1.81. The average molecular weight is 225 g/mol. The fraction of sp³-hybridized carbons (Fsp3) is 0.500. The van der Waals surface area contributed by atoms with E-state index in [2.05, 4.69) is 19.3 Å². The maximum atomic E-state index is 8.86. The number of benzene rings is 1. The number of methoxy groups -OCH3 is 2. The van der Waals surface area contributed by atoms with Gasteiger partial charge in [0.25, 0.3) is 0 Å². The normalized spacial score (nSPS) is 10.6. The third-order valence-corrected chi connectivity index (χ3v) is 2.56. The summed E-state index contributed by atoms with van der Waals surface area (Å²) >= 11 is 0. The van der Waals surface area contributed by atoms with Crippen molar-refractivity contribution in [3.05, 3.63) is 23.3 Å². The molecule has 0 bridgehead atoms. The first-order valence-electron chi connectivity index (χ1n) is 5.26. The van der Waals surface area contributed by atoms with Crippen molar-refractivity contribution in [2.75, 3.05) is 14.2 Å². The highest BCUT2D eigenvalue weighted by molar-refractivity contribution is 5.51. The smallest absolute Gasteiger partial charge is 0.165 e. The molecule has 0 amide bonds. The zero-order valence-corrected chi connectivity index (χ0v) is 10.2. The summed E-state index contributed by atoms with van der Waals surface area (Å²) in [4.78, 5) is 0. The minimum absolute atomic E-state index is 0.341. The van der Waals surface area contributed by atoms with Crippen molar-refractivity contribution >= 4 is 0 Å². The van der Waals surface area contributed by atoms with Gasteiger partial charge in [0, 0.05) is 12.1 Å². The predicted octanol–water partition coefficient (Wildman–Crippen LogP) is 2.31. The van der Waals surface area contributed by atoms with E-state index in [1.54, 1.807) is 14.2 Å². The highest BCUT2D eigenvalue weighted by Crippen LogP contribution is 2.36. The van der Waals surface area contributed by atoms with E-state index >= 15 is 0 Å². The molecule has 90 valence electrons. The van der Waals surface area contributed by atoms with E-state index < -0.39 is 0 Å². The van der Waals surface area contributed by atoms with Crippen molar-refractivity contribution in [1.82, 2.24) is 5.48 Å². The molecule has 1 rings (SSSR count). The Bertz CT molecular complexity index is 350. The van der Waals surface area contributed by atoms with Crippen molar-refractivity contribution in [2.45, 2.75) is 26.3 Å². The van der Waals surface area contributed by atoms with Gasteiger partial charge >= 0.3 is 0 Å². The minimum Gasteiger partial charge on any atom is -0.493 e. The van der Waals surface area contributed by atoms with E-state index in [0.29, 0.717) is 24.0 Å². The van der Waals surface area contributed by atoms with Crippen molar-refractivity contribution in [3.63, 3.8) is 0 Å². The molecule has 0 aromatic heterocycles. The molecule has 0 fully saturated rings. The summed E-state index contributed by atoms with van der Waals surface area (Å²) in [5, 5.41) is 8.86. The quantitative estimate of drug-likeness (QED) is 0.755. The number of hydrogen-bond donors (Lipinski definition) is 2. The van der Waals surface area contributed by atoms with E-state index in [4.69, 9.17) is 14.7 Å². The molecule has 1 aromatic rings. The number of hydrogen-bond acceptors (Lipinski definition) is 4. The first kappa shape index (κ1) is 12.8. The monoisotopic (exact) mass is 225 g/mol. The lowest BCUT2D eigenvalue weighted by molar-refractivity contribution is 0.159. The van der Waals surface area contributed by atoms with Gasteiger partial charge in [0.05, 0.1) is 14.2 Å². The van der Waals surface area contributed by atoms with Gasteiger partial charge < -0.3 is 14.7 Å². The van der Waals surface area contributed by atoms with Gasteiger partial charge in [-0.2, -0.15) is 0 Å². The summed E-state index contributed by atoms with van der Waals surface area (Å²) < 4.78 is 10.6. The van der Waals surface area contributed by atoms with E-state index in [0.717, 1.165) is 11.1 Å². The van der Waals surface area contributed by atoms with E-state index in [-0.39, 0.29) is 0 Å². The van der Waals surface area contributed by atoms with E-state index in [1.165, 1.54) is 0 Å². The molecule has 4 nitrogen and oxygen atoms in total. The summed E-state index contributed by atoms with van der Waals surface area (Å²) in [6.07, 6.45) is 0. The van der Waals surface area contributed by atoms with Crippen molar-refractivity contribution in [3.8, 4) is 11.5 Å². The van der Waals surface area contributed by atoms with Crippen LogP contribution in [0.1, 0.15) is 30.9 Å². The van der Waals surface area contributed by atoms with Gasteiger partial charge in [-0.05, 0) is 17.5 Å². The minimum atomic E-state index is 0.341. The topological polar surface area (TPSA) is 50.7 Å². The van der Waals surface area contributed by atoms with Crippen molar-refractivity contribution in [1.29, 1.82) is 0 Å². The first-order chi connectivity index (χ1) is 7.65. The maximum Gasteiger partial charge on any atom is 0.165 e. The molecular weight excluding hydrogens is 206 g/mol. The Morgan fingerprint density at radius 3 is 2.38 bits per heavy atom. The van der Waals surface area contributed by atoms with E-state index in [9.17, 15) is 0 Å². The summed E-state index contributed by atoms with van der Waals surface area (Å²) in [7, 11) is 3.20. The van der Waals surface area contributed by atoms with Crippen LogP contribution in [-0.2, 0) is 6.54 Å². The zero-order chi connectivity index (χ0) is 12.1. The average Bonchev–Trinajstić information content (AvgIpc) is 2.28. The summed E-state index contributed by atoms with van der Waals surface area (Å²) in [6, 6.07) is 3.88. The molecule has 0 spiro atoms. The van der Waals surface area contributed by atoms with Gasteiger partial charge in [-0.25, -0.2) is 5.48 Å². The summed E-state index contributed by atoms with van der Waals surface area (Å²) in [5.41, 5.74) is 4.24. The number of ether oxygens (including phenoxy) is 2. The standard InChI is InChI=1S/C12H19NO3/c1-8(2)9-5-6-11(15-3)12(16-4)10(9)7-13-14/h5-6,8,13-14H,7H2,1-4H3. The Balaban J connectivity index is 3.31. The Labute approximate surface area is 96.1 Å². The van der Waals surface area contributed by atoms with Crippen molar-refractivity contribution < 1.29 is 14.7 Å². The molecule has 4 heteroatoms. The van der Waals surface area contributed by atoms with Gasteiger partial charge in [0.15, 0.2) is 11.5 Å². The molecule has 2 N–H and O–H groups in total. The maximum absolute atomic E-state index is 8.86. The first-order valence-corrected chi connectivity index (χ1v) is 5.26. The lowest BCUT2D eigenvalue weighted by Gasteiger charge is -2.18. The largest absolute Gasteiger partial charge is 0.493 e. The lowest BCUT2D eigenvalue weighted by Crippen LogP contribution is -2.11. The van der Waals surface area contributed by atoms with Crippen LogP contribution in [0.15, 0.2) is 12.1 Å². The Morgan fingerprint density at radius 1 is 1.25 bits per heavy atom. The van der Waals surface area contributed by atoms with Crippen LogP contribution in [0.25, 0.3) is 0 Å². The number of hydroxylamine groups is 1. The molecule has 0 saturated carbocycles. The van der Waals surface area contributed by atoms with Gasteiger partial charge in [-0.1, -0.05) is 19.9 Å². The lowest BCUT2D eigenvalue weighted by atomic mass is 9.96. The van der Waals surface area contributed by atoms with Crippen LogP contribution in [0.5, 0.6) is 11.5 Å². The molecule has 0 aliphatic carbocycles. The highest BCUT2D eigenvalue weighted by atomic mass is 16.5. The second-order valence-corrected chi connectivity index (χ2v) is 3.86. The molecule has 0 unspecified atom stereocenters. The summed E-state index contributed by atoms with van der Waals surface area (Å²) in [5.74, 6) is 1.72. The van der Waals surface area contributed by atoms with Crippen molar-refractivity contribution in [2.24, 2.45) is 0 Å². The van der Waals surface area contributed by atoms with Crippen LogP contribution >= 0.6 is 0 Å². The van der Waals surface area contributed by atoms with Crippen LogP contribution < -0.4 is 15.0 Å². The third kappa shape index (κ3) is 2.46. The third-order valence-electron chi connectivity index (χ3n) is 2.56. The van der Waals surface area contributed by atoms with E-state index in [1.807, 2.05) is 12.1 Å². The molecule has 0 aliphatic rings. The second-order valence-electron chi connectivity index (χ2n) is 3.86. The molecular formula is C12H19NO3. The summed E-state index contributed by atoms with van der Waals surface area (Å²) in [6.45, 7) is 4.54. The molecule has 0 heterocycles. The SMILES string of the molecule is COc1ccc(C(C)C)c(CNO)c1OC. The predicted molar refractivity (Wildman–Crippen MR) is 62.3 cm³/mol. The molecule has 0 atom stereocenters. The molecule has 0 saturated heterocycles. The van der Waals surface area contributed by atoms with Gasteiger partial charge in [0.1, 0.15) is 0 Å². The molecule has 0 radical (unpaired) electrons. The Morgan fingerprint density at radius 2 is 1.94 bits per heavy atom. The van der Waals surface area contributed by atoms with Gasteiger partial charge in [0.2, 0.25) is 0 Å². The van der Waals surface area contributed by atoms with Crippen LogP contribution in [0, 0.1) is 0 Å². The van der Waals surface area contributed by atoms with Crippen LogP contribution in [0.4, 0.5) is 0 Å². The fourth-order valence-corrected chi connectivity index (χ4v) is 1.81. The van der Waals surface area contributed by atoms with Crippen LogP contribution in [0.2, 0.25) is 0 Å². The Kier molecular flexibility index (Phi) is 4.58. The zero-order valence-electron chi connectivity index (χ0n) is 10.2. The van der Waals surface area contributed by atoms with Gasteiger partial charge in [-0.15, -0.1) is 0 Å². The number of rotatable bonds is 5. The number of nitrogens with one attached hydrogen (secondary N) is 1. The molecule has 16 heavy (non-hydrogen) atoms.